The summed E-state index contributed by atoms with van der Waals surface area (Å²) in [5.41, 5.74) is 2.31. The molecule has 0 radical (unpaired) electrons. The highest BCUT2D eigenvalue weighted by atomic mass is 15.1. The van der Waals surface area contributed by atoms with Gasteiger partial charge in [0.2, 0.25) is 0 Å². The van der Waals surface area contributed by atoms with Crippen LogP contribution >= 0.6 is 0 Å². The lowest BCUT2D eigenvalue weighted by Crippen LogP contribution is -2.26. The Morgan fingerprint density at radius 3 is 2.79 bits per heavy atom. The van der Waals surface area contributed by atoms with Crippen molar-refractivity contribution in [1.29, 1.82) is 0 Å². The van der Waals surface area contributed by atoms with Crippen molar-refractivity contribution in [3.8, 4) is 0 Å². The zero-order valence-corrected chi connectivity index (χ0v) is 11.9. The molecular formula is C16H23N3. The van der Waals surface area contributed by atoms with Gasteiger partial charge in [0, 0.05) is 7.05 Å². The predicted molar refractivity (Wildman–Crippen MR) is 79.1 cm³/mol. The largest absolute Gasteiger partial charge is 0.330 e. The number of nitrogens with zero attached hydrogens (tertiary/aromatic N) is 2. The number of rotatable bonds is 4. The van der Waals surface area contributed by atoms with Crippen LogP contribution in [0.1, 0.15) is 44.5 Å². The summed E-state index contributed by atoms with van der Waals surface area (Å²) in [6, 6.07) is 8.66. The molecule has 102 valence electrons. The van der Waals surface area contributed by atoms with Gasteiger partial charge in [-0.15, -0.1) is 0 Å². The maximum absolute atomic E-state index is 4.76. The zero-order chi connectivity index (χ0) is 13.2. The lowest BCUT2D eigenvalue weighted by Gasteiger charge is -2.17. The van der Waals surface area contributed by atoms with E-state index in [9.17, 15) is 0 Å². The second kappa shape index (κ2) is 5.33. The van der Waals surface area contributed by atoms with Crippen LogP contribution in [0.15, 0.2) is 24.3 Å². The van der Waals surface area contributed by atoms with Gasteiger partial charge in [-0.05, 0) is 44.4 Å². The first-order valence-electron chi connectivity index (χ1n) is 7.40. The quantitative estimate of drug-likeness (QED) is 0.909. The van der Waals surface area contributed by atoms with Crippen molar-refractivity contribution >= 4 is 11.0 Å². The van der Waals surface area contributed by atoms with E-state index >= 15 is 0 Å². The Balaban J connectivity index is 1.73. The number of aromatic nitrogens is 2. The van der Waals surface area contributed by atoms with Crippen molar-refractivity contribution < 1.29 is 0 Å². The van der Waals surface area contributed by atoms with Crippen LogP contribution < -0.4 is 5.32 Å². The fourth-order valence-electron chi connectivity index (χ4n) is 3.20. The number of aryl methyl sites for hydroxylation is 1. The first-order valence-corrected chi connectivity index (χ1v) is 7.40. The van der Waals surface area contributed by atoms with Crippen LogP contribution in [0, 0.1) is 5.92 Å². The second-order valence-corrected chi connectivity index (χ2v) is 5.80. The van der Waals surface area contributed by atoms with Crippen LogP contribution in [0.5, 0.6) is 0 Å². The molecule has 1 atom stereocenters. The minimum absolute atomic E-state index is 0.318. The van der Waals surface area contributed by atoms with E-state index in [1.807, 2.05) is 0 Å². The number of fused-ring (bicyclic) bond motifs is 1. The van der Waals surface area contributed by atoms with Gasteiger partial charge in [-0.3, -0.25) is 0 Å². The monoisotopic (exact) mass is 257 g/mol. The van der Waals surface area contributed by atoms with Crippen molar-refractivity contribution in [2.45, 2.75) is 38.6 Å². The molecule has 1 N–H and O–H groups in total. The Kier molecular flexibility index (Phi) is 3.56. The minimum Gasteiger partial charge on any atom is -0.330 e. The van der Waals surface area contributed by atoms with Gasteiger partial charge in [0.05, 0.1) is 17.1 Å². The molecule has 1 saturated carbocycles. The molecule has 1 aromatic carbocycles. The van der Waals surface area contributed by atoms with Crippen LogP contribution in [0.25, 0.3) is 11.0 Å². The van der Waals surface area contributed by atoms with Crippen LogP contribution in [0.2, 0.25) is 0 Å². The van der Waals surface area contributed by atoms with Gasteiger partial charge in [0.1, 0.15) is 5.82 Å². The molecule has 1 aliphatic carbocycles. The molecule has 3 rings (SSSR count). The number of hydrogen-bond donors (Lipinski definition) is 1. The van der Waals surface area contributed by atoms with E-state index in [-0.39, 0.29) is 0 Å². The maximum Gasteiger partial charge on any atom is 0.126 e. The van der Waals surface area contributed by atoms with Gasteiger partial charge >= 0.3 is 0 Å². The Morgan fingerprint density at radius 1 is 1.32 bits per heavy atom. The van der Waals surface area contributed by atoms with Crippen molar-refractivity contribution in [1.82, 2.24) is 14.9 Å². The van der Waals surface area contributed by atoms with E-state index in [1.165, 1.54) is 31.2 Å². The molecule has 0 saturated heterocycles. The number of imidazole rings is 1. The lowest BCUT2D eigenvalue weighted by atomic mass is 10.1. The fraction of sp³-hybridized carbons (Fsp3) is 0.562. The Labute approximate surface area is 115 Å². The van der Waals surface area contributed by atoms with Crippen molar-refractivity contribution in [3.05, 3.63) is 30.1 Å². The SMILES string of the molecule is CC(NCC1CCCC1)c1nc2ccccc2n1C. The van der Waals surface area contributed by atoms with E-state index in [1.54, 1.807) is 0 Å². The summed E-state index contributed by atoms with van der Waals surface area (Å²) in [5, 5.41) is 3.66. The molecule has 1 aliphatic rings. The third-order valence-corrected chi connectivity index (χ3v) is 4.40. The molecular weight excluding hydrogens is 234 g/mol. The summed E-state index contributed by atoms with van der Waals surface area (Å²) in [7, 11) is 2.11. The lowest BCUT2D eigenvalue weighted by molar-refractivity contribution is 0.439. The molecule has 3 heteroatoms. The summed E-state index contributed by atoms with van der Waals surface area (Å²) in [5.74, 6) is 2.01. The average molecular weight is 257 g/mol. The molecule has 0 aliphatic heterocycles. The number of nitrogens with one attached hydrogen (secondary N) is 1. The van der Waals surface area contributed by atoms with Crippen LogP contribution in [-0.4, -0.2) is 16.1 Å². The normalized spacial score (nSPS) is 18.2. The van der Waals surface area contributed by atoms with E-state index in [0.717, 1.165) is 23.8 Å². The Morgan fingerprint density at radius 2 is 2.05 bits per heavy atom. The first-order chi connectivity index (χ1) is 9.25. The maximum atomic E-state index is 4.76. The van der Waals surface area contributed by atoms with Crippen molar-refractivity contribution in [3.63, 3.8) is 0 Å². The Bertz CT molecular complexity index is 552. The van der Waals surface area contributed by atoms with Crippen molar-refractivity contribution in [2.24, 2.45) is 13.0 Å². The minimum atomic E-state index is 0.318. The average Bonchev–Trinajstić information content (AvgIpc) is 3.05. The third kappa shape index (κ3) is 2.52. The smallest absolute Gasteiger partial charge is 0.126 e. The number of para-hydroxylation sites is 2. The molecule has 3 nitrogen and oxygen atoms in total. The standard InChI is InChI=1S/C16H23N3/c1-12(17-11-13-7-3-4-8-13)16-18-14-9-5-6-10-15(14)19(16)2/h5-6,9-10,12-13,17H,3-4,7-8,11H2,1-2H3. The van der Waals surface area contributed by atoms with Gasteiger partial charge in [-0.1, -0.05) is 25.0 Å². The van der Waals surface area contributed by atoms with E-state index in [0.29, 0.717) is 6.04 Å². The van der Waals surface area contributed by atoms with Gasteiger partial charge < -0.3 is 9.88 Å². The molecule has 1 fully saturated rings. The van der Waals surface area contributed by atoms with Crippen LogP contribution in [-0.2, 0) is 7.05 Å². The molecule has 1 aromatic heterocycles. The molecule has 19 heavy (non-hydrogen) atoms. The highest BCUT2D eigenvalue weighted by molar-refractivity contribution is 5.75. The summed E-state index contributed by atoms with van der Waals surface area (Å²) in [6.07, 6.45) is 5.60. The van der Waals surface area contributed by atoms with Gasteiger partial charge in [0.15, 0.2) is 0 Å². The summed E-state index contributed by atoms with van der Waals surface area (Å²) in [4.78, 5) is 4.76. The van der Waals surface area contributed by atoms with Gasteiger partial charge in [-0.2, -0.15) is 0 Å². The first kappa shape index (κ1) is 12.7. The fourth-order valence-corrected chi connectivity index (χ4v) is 3.20. The molecule has 2 aromatic rings. The van der Waals surface area contributed by atoms with E-state index < -0.39 is 0 Å². The topological polar surface area (TPSA) is 29.9 Å². The summed E-state index contributed by atoms with van der Waals surface area (Å²) >= 11 is 0. The third-order valence-electron chi connectivity index (χ3n) is 4.40. The molecule has 0 amide bonds. The molecule has 0 bridgehead atoms. The van der Waals surface area contributed by atoms with Crippen LogP contribution in [0.3, 0.4) is 0 Å². The highest BCUT2D eigenvalue weighted by Gasteiger charge is 2.18. The van der Waals surface area contributed by atoms with E-state index in [4.69, 9.17) is 4.98 Å². The summed E-state index contributed by atoms with van der Waals surface area (Å²) in [6.45, 7) is 3.35. The Hall–Kier alpha value is -1.35. The van der Waals surface area contributed by atoms with Crippen molar-refractivity contribution in [2.75, 3.05) is 6.54 Å². The van der Waals surface area contributed by atoms with Gasteiger partial charge in [0.25, 0.3) is 0 Å². The highest BCUT2D eigenvalue weighted by Crippen LogP contribution is 2.25. The van der Waals surface area contributed by atoms with Crippen LogP contribution in [0.4, 0.5) is 0 Å². The number of hydrogen-bond acceptors (Lipinski definition) is 2. The summed E-state index contributed by atoms with van der Waals surface area (Å²) < 4.78 is 2.21. The van der Waals surface area contributed by atoms with Gasteiger partial charge in [-0.25, -0.2) is 4.98 Å². The second-order valence-electron chi connectivity index (χ2n) is 5.80. The number of benzene rings is 1. The molecule has 1 unspecified atom stereocenters. The molecule has 1 heterocycles. The predicted octanol–water partition coefficient (Wildman–Crippen LogP) is 3.41. The molecule has 0 spiro atoms. The zero-order valence-electron chi connectivity index (χ0n) is 11.9. The van der Waals surface area contributed by atoms with E-state index in [2.05, 4.69) is 48.1 Å².